The number of Topliss-reactive ketones (excluding diaryl/α,β-unsaturated/α-hetero) is 1. The number of hydrogen-bond acceptors (Lipinski definition) is 5. The van der Waals surface area contributed by atoms with Crippen molar-refractivity contribution in [3.63, 3.8) is 0 Å². The van der Waals surface area contributed by atoms with Gasteiger partial charge in [-0.25, -0.2) is 0 Å². The summed E-state index contributed by atoms with van der Waals surface area (Å²) in [7, 11) is 1.66. The Hall–Kier alpha value is -3.60. The molecular weight excluding hydrogens is 374 g/mol. The third-order valence-corrected chi connectivity index (χ3v) is 5.88. The van der Waals surface area contributed by atoms with Gasteiger partial charge in [0.05, 0.1) is 30.2 Å². The Bertz CT molecular complexity index is 1110. The molecule has 0 saturated heterocycles. The Kier molecular flexibility index (Phi) is 4.71. The fourth-order valence-corrected chi connectivity index (χ4v) is 4.37. The summed E-state index contributed by atoms with van der Waals surface area (Å²) in [6, 6.07) is 21.6. The number of para-hydroxylation sites is 2. The molecule has 5 heteroatoms. The minimum absolute atomic E-state index is 0.129. The average Bonchev–Trinajstić information content (AvgIpc) is 2.96. The maximum atomic E-state index is 13.4. The number of benzene rings is 2. The molecule has 0 saturated carbocycles. The van der Waals surface area contributed by atoms with E-state index in [1.807, 2.05) is 54.6 Å². The summed E-state index contributed by atoms with van der Waals surface area (Å²) in [5.41, 5.74) is 5.70. The van der Waals surface area contributed by atoms with Crippen molar-refractivity contribution in [3.05, 3.63) is 95.5 Å². The highest BCUT2D eigenvalue weighted by molar-refractivity contribution is 6.01. The number of hydrogen-bond donors (Lipinski definition) is 2. The molecule has 0 amide bonds. The summed E-state index contributed by atoms with van der Waals surface area (Å²) in [4.78, 5) is 18.0. The van der Waals surface area contributed by atoms with E-state index in [0.717, 1.165) is 46.1 Å². The van der Waals surface area contributed by atoms with Gasteiger partial charge in [0.1, 0.15) is 5.75 Å². The molecule has 0 radical (unpaired) electrons. The van der Waals surface area contributed by atoms with Gasteiger partial charge < -0.3 is 15.4 Å². The van der Waals surface area contributed by atoms with E-state index in [2.05, 4.69) is 27.8 Å². The second kappa shape index (κ2) is 7.67. The SMILES string of the molecule is COc1ccc([C@@H]2CC(=O)C3=C(C2)Nc2ccccc2N[C@@H]3c2ccccn2)cc1. The first kappa shape index (κ1) is 18.4. The van der Waals surface area contributed by atoms with Gasteiger partial charge in [0.15, 0.2) is 5.78 Å². The van der Waals surface area contributed by atoms with E-state index >= 15 is 0 Å². The number of allylic oxidation sites excluding steroid dienone is 1. The molecule has 5 rings (SSSR count). The molecule has 2 aliphatic rings. The molecule has 2 heterocycles. The van der Waals surface area contributed by atoms with Gasteiger partial charge in [0.2, 0.25) is 0 Å². The van der Waals surface area contributed by atoms with Crippen LogP contribution in [0, 0.1) is 0 Å². The minimum Gasteiger partial charge on any atom is -0.497 e. The normalized spacial score (nSPS) is 20.4. The lowest BCUT2D eigenvalue weighted by Crippen LogP contribution is -2.27. The fraction of sp³-hybridized carbons (Fsp3) is 0.200. The molecule has 1 aliphatic heterocycles. The molecule has 1 aliphatic carbocycles. The largest absolute Gasteiger partial charge is 0.497 e. The second-order valence-electron chi connectivity index (χ2n) is 7.70. The lowest BCUT2D eigenvalue weighted by atomic mass is 9.79. The standard InChI is InChI=1S/C25H23N3O2/c1-30-18-11-9-16(10-12-18)17-14-22-24(23(29)15-17)25(21-8-4-5-13-26-21)28-20-7-3-2-6-19(20)27-22/h2-13,17,25,27-28H,14-15H2,1H3/t17-,25+/m0/s1. The van der Waals surface area contributed by atoms with E-state index in [4.69, 9.17) is 4.74 Å². The smallest absolute Gasteiger partial charge is 0.163 e. The first-order valence-electron chi connectivity index (χ1n) is 10.2. The molecule has 1 aromatic heterocycles. The summed E-state index contributed by atoms with van der Waals surface area (Å²) in [5, 5.41) is 7.11. The van der Waals surface area contributed by atoms with Crippen LogP contribution in [0.3, 0.4) is 0 Å². The van der Waals surface area contributed by atoms with Crippen LogP contribution < -0.4 is 15.4 Å². The molecule has 150 valence electrons. The van der Waals surface area contributed by atoms with Gasteiger partial charge in [-0.1, -0.05) is 30.3 Å². The monoisotopic (exact) mass is 397 g/mol. The number of ether oxygens (including phenoxy) is 1. The van der Waals surface area contributed by atoms with Gasteiger partial charge in [-0.3, -0.25) is 9.78 Å². The van der Waals surface area contributed by atoms with Crippen LogP contribution in [0.2, 0.25) is 0 Å². The van der Waals surface area contributed by atoms with E-state index in [9.17, 15) is 4.79 Å². The first-order chi connectivity index (χ1) is 14.7. The number of anilines is 2. The lowest BCUT2D eigenvalue weighted by molar-refractivity contribution is -0.116. The molecular formula is C25H23N3O2. The highest BCUT2D eigenvalue weighted by Gasteiger charge is 2.36. The molecule has 0 spiro atoms. The Morgan fingerprint density at radius 2 is 1.70 bits per heavy atom. The number of rotatable bonds is 3. The summed E-state index contributed by atoms with van der Waals surface area (Å²) in [6.07, 6.45) is 3.02. The molecule has 2 aromatic carbocycles. The highest BCUT2D eigenvalue weighted by atomic mass is 16.5. The van der Waals surface area contributed by atoms with Crippen molar-refractivity contribution in [1.29, 1.82) is 0 Å². The van der Waals surface area contributed by atoms with Gasteiger partial charge in [-0.05, 0) is 54.3 Å². The summed E-state index contributed by atoms with van der Waals surface area (Å²) in [6.45, 7) is 0. The van der Waals surface area contributed by atoms with E-state index in [1.165, 1.54) is 0 Å². The Balaban J connectivity index is 1.57. The minimum atomic E-state index is -0.276. The van der Waals surface area contributed by atoms with Crippen molar-refractivity contribution in [3.8, 4) is 5.75 Å². The summed E-state index contributed by atoms with van der Waals surface area (Å²) < 4.78 is 5.28. The first-order valence-corrected chi connectivity index (χ1v) is 10.2. The van der Waals surface area contributed by atoms with Crippen LogP contribution in [0.1, 0.15) is 36.1 Å². The maximum absolute atomic E-state index is 13.4. The highest BCUT2D eigenvalue weighted by Crippen LogP contribution is 2.43. The van der Waals surface area contributed by atoms with Gasteiger partial charge in [0, 0.05) is 23.9 Å². The predicted octanol–water partition coefficient (Wildman–Crippen LogP) is 5.07. The fourth-order valence-electron chi connectivity index (χ4n) is 4.37. The third kappa shape index (κ3) is 3.32. The number of aromatic nitrogens is 1. The zero-order valence-corrected chi connectivity index (χ0v) is 16.8. The number of nitrogens with one attached hydrogen (secondary N) is 2. The molecule has 3 aromatic rings. The molecule has 30 heavy (non-hydrogen) atoms. The van der Waals surface area contributed by atoms with Crippen LogP contribution in [0.25, 0.3) is 0 Å². The van der Waals surface area contributed by atoms with Crippen molar-refractivity contribution in [2.75, 3.05) is 17.7 Å². The Morgan fingerprint density at radius 3 is 2.43 bits per heavy atom. The third-order valence-electron chi connectivity index (χ3n) is 5.88. The van der Waals surface area contributed by atoms with Crippen molar-refractivity contribution in [2.45, 2.75) is 24.8 Å². The van der Waals surface area contributed by atoms with Crippen LogP contribution in [-0.2, 0) is 4.79 Å². The molecule has 2 atom stereocenters. The molecule has 0 bridgehead atoms. The van der Waals surface area contributed by atoms with Crippen molar-refractivity contribution in [1.82, 2.24) is 4.98 Å². The molecule has 2 N–H and O–H groups in total. The molecule has 0 unspecified atom stereocenters. The Morgan fingerprint density at radius 1 is 0.933 bits per heavy atom. The maximum Gasteiger partial charge on any atom is 0.163 e. The second-order valence-corrected chi connectivity index (χ2v) is 7.70. The molecule has 0 fully saturated rings. The van der Waals surface area contributed by atoms with E-state index in [1.54, 1.807) is 13.3 Å². The van der Waals surface area contributed by atoms with Crippen LogP contribution in [-0.4, -0.2) is 17.9 Å². The van der Waals surface area contributed by atoms with E-state index in [0.29, 0.717) is 6.42 Å². The topological polar surface area (TPSA) is 63.2 Å². The van der Waals surface area contributed by atoms with Crippen molar-refractivity contribution >= 4 is 17.2 Å². The number of pyridine rings is 1. The zero-order valence-electron chi connectivity index (χ0n) is 16.8. The number of nitrogens with zero attached hydrogens (tertiary/aromatic N) is 1. The van der Waals surface area contributed by atoms with Gasteiger partial charge in [-0.2, -0.15) is 0 Å². The molecule has 5 nitrogen and oxygen atoms in total. The van der Waals surface area contributed by atoms with Gasteiger partial charge in [-0.15, -0.1) is 0 Å². The van der Waals surface area contributed by atoms with Crippen LogP contribution in [0.4, 0.5) is 11.4 Å². The van der Waals surface area contributed by atoms with Crippen LogP contribution in [0.5, 0.6) is 5.75 Å². The lowest BCUT2D eigenvalue weighted by Gasteiger charge is -2.29. The Labute approximate surface area is 175 Å². The van der Waals surface area contributed by atoms with E-state index in [-0.39, 0.29) is 17.7 Å². The van der Waals surface area contributed by atoms with Gasteiger partial charge >= 0.3 is 0 Å². The van der Waals surface area contributed by atoms with Gasteiger partial charge in [0.25, 0.3) is 0 Å². The summed E-state index contributed by atoms with van der Waals surface area (Å²) in [5.74, 6) is 1.10. The van der Waals surface area contributed by atoms with Crippen LogP contribution >= 0.6 is 0 Å². The average molecular weight is 397 g/mol. The van der Waals surface area contributed by atoms with Crippen LogP contribution in [0.15, 0.2) is 84.2 Å². The summed E-state index contributed by atoms with van der Waals surface area (Å²) >= 11 is 0. The quantitative estimate of drug-likeness (QED) is 0.646. The number of methoxy groups -OCH3 is 1. The zero-order chi connectivity index (χ0) is 20.5. The number of ketones is 1. The number of carbonyl (C=O) groups excluding carboxylic acids is 1. The van der Waals surface area contributed by atoms with E-state index < -0.39 is 0 Å². The number of fused-ring (bicyclic) bond motifs is 1. The van der Waals surface area contributed by atoms with Crippen molar-refractivity contribution < 1.29 is 9.53 Å². The number of carbonyl (C=O) groups is 1. The van der Waals surface area contributed by atoms with Crippen molar-refractivity contribution in [2.24, 2.45) is 0 Å². The predicted molar refractivity (Wildman–Crippen MR) is 118 cm³/mol.